The molecule has 1 aliphatic carbocycles. The van der Waals surface area contributed by atoms with Crippen molar-refractivity contribution in [3.8, 4) is 29.4 Å². The molecule has 1 saturated carbocycles. The Labute approximate surface area is 232 Å². The van der Waals surface area contributed by atoms with Gasteiger partial charge in [-0.25, -0.2) is 4.68 Å². The number of hydrogen-bond donors (Lipinski definition) is 1. The van der Waals surface area contributed by atoms with Gasteiger partial charge >= 0.3 is 0 Å². The van der Waals surface area contributed by atoms with Crippen molar-refractivity contribution in [1.82, 2.24) is 24.5 Å². The molecular formula is C31H31N5O4. The van der Waals surface area contributed by atoms with Gasteiger partial charge in [0, 0.05) is 24.7 Å². The van der Waals surface area contributed by atoms with Gasteiger partial charge in [0.1, 0.15) is 6.04 Å². The van der Waals surface area contributed by atoms with E-state index in [9.17, 15) is 14.7 Å². The topological polar surface area (TPSA) is 102 Å². The third-order valence-corrected chi connectivity index (χ3v) is 7.84. The summed E-state index contributed by atoms with van der Waals surface area (Å²) in [6.45, 7) is 5.38. The molecule has 1 aromatic carbocycles. The van der Waals surface area contributed by atoms with Crippen LogP contribution >= 0.6 is 0 Å². The third-order valence-electron chi connectivity index (χ3n) is 7.84. The first kappa shape index (κ1) is 25.9. The highest BCUT2D eigenvalue weighted by molar-refractivity contribution is 5.95. The number of hydrogen-bond acceptors (Lipinski definition) is 6. The number of aromatic nitrogens is 4. The first-order chi connectivity index (χ1) is 19.4. The van der Waals surface area contributed by atoms with E-state index < -0.39 is 29.2 Å². The Hall–Kier alpha value is -4.34. The minimum Gasteiger partial charge on any atom is -0.502 e. The summed E-state index contributed by atoms with van der Waals surface area (Å²) in [4.78, 5) is 27.4. The number of carbonyl (C=O) groups excluding carboxylic acids is 1. The lowest BCUT2D eigenvalue weighted by atomic mass is 9.86. The molecule has 2 aromatic heterocycles. The van der Waals surface area contributed by atoms with Crippen molar-refractivity contribution in [3.63, 3.8) is 0 Å². The van der Waals surface area contributed by atoms with Gasteiger partial charge in [0.2, 0.25) is 5.43 Å². The highest BCUT2D eigenvalue weighted by Crippen LogP contribution is 2.37. The number of carbonyl (C=O) groups is 1. The van der Waals surface area contributed by atoms with Gasteiger partial charge in [-0.2, -0.15) is 10.2 Å². The maximum Gasteiger partial charge on any atom is 0.276 e. The second-order valence-corrected chi connectivity index (χ2v) is 10.9. The molecule has 6 rings (SSSR count). The maximum atomic E-state index is 13.4. The first-order valence-electron chi connectivity index (χ1n) is 13.8. The molecule has 1 N–H and O–H groups in total. The normalized spacial score (nSPS) is 19.5. The number of amides is 1. The van der Waals surface area contributed by atoms with E-state index in [1.807, 2.05) is 55.1 Å². The van der Waals surface area contributed by atoms with E-state index in [0.29, 0.717) is 31.4 Å². The number of nitrogens with zero attached hydrogens (tertiary/aromatic N) is 5. The minimum atomic E-state index is -0.689. The summed E-state index contributed by atoms with van der Waals surface area (Å²) in [5, 5.41) is 20.0. The lowest BCUT2D eigenvalue weighted by Crippen LogP contribution is -2.50. The Morgan fingerprint density at radius 1 is 1.05 bits per heavy atom. The summed E-state index contributed by atoms with van der Waals surface area (Å²) in [6, 6.07) is 8.77. The van der Waals surface area contributed by atoms with Crippen molar-refractivity contribution >= 4 is 5.91 Å². The smallest absolute Gasteiger partial charge is 0.276 e. The Kier molecular flexibility index (Phi) is 6.91. The van der Waals surface area contributed by atoms with Crippen molar-refractivity contribution in [3.05, 3.63) is 75.5 Å². The molecule has 3 aromatic rings. The third kappa shape index (κ3) is 4.78. The highest BCUT2D eigenvalue weighted by Gasteiger charge is 2.41. The highest BCUT2D eigenvalue weighted by atomic mass is 16.5. The molecule has 0 bridgehead atoms. The van der Waals surface area contributed by atoms with Crippen LogP contribution in [-0.2, 0) is 4.74 Å². The van der Waals surface area contributed by atoms with Gasteiger partial charge in [0.25, 0.3) is 5.91 Å². The number of benzene rings is 1. The number of ether oxygens (including phenoxy) is 1. The zero-order chi connectivity index (χ0) is 27.8. The maximum absolute atomic E-state index is 13.4. The molecule has 9 nitrogen and oxygen atoms in total. The van der Waals surface area contributed by atoms with E-state index in [4.69, 9.17) is 9.84 Å². The van der Waals surface area contributed by atoms with Gasteiger partial charge < -0.3 is 14.7 Å². The predicted octanol–water partition coefficient (Wildman–Crippen LogP) is 2.99. The van der Waals surface area contributed by atoms with E-state index >= 15 is 0 Å². The van der Waals surface area contributed by atoms with Crippen molar-refractivity contribution in [2.75, 3.05) is 19.8 Å². The molecule has 0 radical (unpaired) electrons. The number of rotatable bonds is 4. The van der Waals surface area contributed by atoms with Crippen LogP contribution in [0.2, 0.25) is 0 Å². The van der Waals surface area contributed by atoms with Gasteiger partial charge in [-0.05, 0) is 38.2 Å². The molecule has 0 spiro atoms. The fourth-order valence-corrected chi connectivity index (χ4v) is 5.23. The second-order valence-electron chi connectivity index (χ2n) is 10.9. The lowest BCUT2D eigenvalue weighted by molar-refractivity contribution is -0.00300. The summed E-state index contributed by atoms with van der Waals surface area (Å²) >= 11 is 0. The summed E-state index contributed by atoms with van der Waals surface area (Å²) in [5.41, 5.74) is 1.49. The monoisotopic (exact) mass is 537 g/mol. The van der Waals surface area contributed by atoms with Gasteiger partial charge in [-0.1, -0.05) is 54.5 Å². The standard InChI is InChI=1S/C31H31N5O4/c1-20(2)34-17-26(36-29(31(34)39)30(38)27(37)15-32-36)28(23-9-4-3-5-10-23)35-16-24(13-11-22-18-40-19-22)25(33-35)14-12-21-7-6-8-21/h3-5,9-10,15-16,20-22,26,28,38H,6-8,17-19H2,1-2H3. The number of aromatic hydroxyl groups is 1. The molecule has 9 heteroatoms. The Bertz CT molecular complexity index is 1560. The lowest BCUT2D eigenvalue weighted by Gasteiger charge is -2.40. The Morgan fingerprint density at radius 2 is 1.80 bits per heavy atom. The first-order valence-corrected chi connectivity index (χ1v) is 13.8. The fraction of sp³-hybridized carbons (Fsp3) is 0.419. The van der Waals surface area contributed by atoms with E-state index in [1.54, 1.807) is 4.90 Å². The quantitative estimate of drug-likeness (QED) is 0.514. The summed E-state index contributed by atoms with van der Waals surface area (Å²) < 4.78 is 8.62. The molecule has 204 valence electrons. The van der Waals surface area contributed by atoms with Crippen LogP contribution < -0.4 is 5.43 Å². The van der Waals surface area contributed by atoms with Crippen LogP contribution in [0.25, 0.3) is 0 Å². The van der Waals surface area contributed by atoms with Crippen LogP contribution in [0.15, 0.2) is 47.5 Å². The SMILES string of the molecule is CC(C)N1CC(C(c2ccccc2)n2cc(C#CC3COC3)c(C#CC3CCC3)n2)n2ncc(=O)c(O)c2C1=O. The molecule has 1 amide bonds. The average molecular weight is 538 g/mol. The van der Waals surface area contributed by atoms with E-state index in [2.05, 4.69) is 28.8 Å². The summed E-state index contributed by atoms with van der Waals surface area (Å²) in [6.07, 6.45) is 6.38. The summed E-state index contributed by atoms with van der Waals surface area (Å²) in [5.74, 6) is 12.8. The van der Waals surface area contributed by atoms with Crippen LogP contribution in [0, 0.1) is 35.5 Å². The van der Waals surface area contributed by atoms with E-state index in [1.165, 1.54) is 11.1 Å². The van der Waals surface area contributed by atoms with E-state index in [-0.39, 0.29) is 17.7 Å². The van der Waals surface area contributed by atoms with Crippen LogP contribution in [0.5, 0.6) is 5.75 Å². The molecule has 2 aliphatic heterocycles. The second kappa shape index (κ2) is 10.7. The zero-order valence-corrected chi connectivity index (χ0v) is 22.6. The predicted molar refractivity (Wildman–Crippen MR) is 148 cm³/mol. The molecule has 2 fully saturated rings. The molecule has 40 heavy (non-hydrogen) atoms. The van der Waals surface area contributed by atoms with Crippen LogP contribution in [0.4, 0.5) is 0 Å². The Balaban J connectivity index is 1.51. The molecule has 1 saturated heterocycles. The van der Waals surface area contributed by atoms with Crippen LogP contribution in [0.1, 0.15) is 72.5 Å². The van der Waals surface area contributed by atoms with Gasteiger partial charge in [0.15, 0.2) is 17.1 Å². The fourth-order valence-electron chi connectivity index (χ4n) is 5.23. The van der Waals surface area contributed by atoms with Gasteiger partial charge in [-0.3, -0.25) is 14.3 Å². The van der Waals surface area contributed by atoms with Crippen molar-refractivity contribution in [2.45, 2.75) is 51.2 Å². The van der Waals surface area contributed by atoms with Crippen molar-refractivity contribution in [2.24, 2.45) is 11.8 Å². The number of fused-ring (bicyclic) bond motifs is 1. The van der Waals surface area contributed by atoms with Crippen LogP contribution in [-0.4, -0.2) is 61.3 Å². The largest absolute Gasteiger partial charge is 0.502 e. The molecule has 4 heterocycles. The zero-order valence-electron chi connectivity index (χ0n) is 22.6. The average Bonchev–Trinajstić information content (AvgIpc) is 3.28. The van der Waals surface area contributed by atoms with Crippen molar-refractivity contribution in [1.29, 1.82) is 0 Å². The Morgan fingerprint density at radius 3 is 2.45 bits per heavy atom. The van der Waals surface area contributed by atoms with Gasteiger partial charge in [0.05, 0.1) is 36.9 Å². The minimum absolute atomic E-state index is 0.111. The molecule has 3 aliphatic rings. The van der Waals surface area contributed by atoms with Crippen molar-refractivity contribution < 1.29 is 14.6 Å². The molecule has 2 unspecified atom stereocenters. The van der Waals surface area contributed by atoms with E-state index in [0.717, 1.165) is 30.2 Å². The summed E-state index contributed by atoms with van der Waals surface area (Å²) in [7, 11) is 0. The van der Waals surface area contributed by atoms with Crippen LogP contribution in [0.3, 0.4) is 0 Å². The van der Waals surface area contributed by atoms with Gasteiger partial charge in [-0.15, -0.1) is 0 Å². The molecular weight excluding hydrogens is 506 g/mol. The molecule has 2 atom stereocenters.